The Morgan fingerprint density at radius 1 is 1.15 bits per heavy atom. The average molecular weight is 274 g/mol. The molecular formula is C16H15FO3. The van der Waals surface area contributed by atoms with E-state index in [1.165, 1.54) is 24.3 Å². The summed E-state index contributed by atoms with van der Waals surface area (Å²) in [6.07, 6.45) is 0.217. The van der Waals surface area contributed by atoms with Crippen LogP contribution in [0.3, 0.4) is 0 Å². The first kappa shape index (κ1) is 14.2. The van der Waals surface area contributed by atoms with Crippen molar-refractivity contribution in [2.75, 3.05) is 6.61 Å². The second-order valence-electron chi connectivity index (χ2n) is 4.33. The van der Waals surface area contributed by atoms with Crippen LogP contribution >= 0.6 is 0 Å². The molecule has 0 spiro atoms. The molecule has 0 radical (unpaired) electrons. The van der Waals surface area contributed by atoms with E-state index in [1.807, 2.05) is 0 Å². The number of ketones is 1. The van der Waals surface area contributed by atoms with Gasteiger partial charge < -0.3 is 9.84 Å². The Labute approximate surface area is 116 Å². The molecule has 2 rings (SSSR count). The third kappa shape index (κ3) is 3.90. The van der Waals surface area contributed by atoms with Crippen LogP contribution in [-0.2, 0) is 6.61 Å². The van der Waals surface area contributed by atoms with Crippen molar-refractivity contribution in [1.82, 2.24) is 0 Å². The molecule has 0 saturated carbocycles. The van der Waals surface area contributed by atoms with Gasteiger partial charge in [0.1, 0.15) is 11.6 Å². The van der Waals surface area contributed by atoms with Crippen molar-refractivity contribution in [2.45, 2.75) is 13.0 Å². The Kier molecular flexibility index (Phi) is 4.85. The van der Waals surface area contributed by atoms with Crippen LogP contribution in [0, 0.1) is 5.82 Å². The highest BCUT2D eigenvalue weighted by Gasteiger charge is 2.06. The fourth-order valence-electron chi connectivity index (χ4n) is 1.78. The van der Waals surface area contributed by atoms with Gasteiger partial charge >= 0.3 is 0 Å². The van der Waals surface area contributed by atoms with E-state index in [-0.39, 0.29) is 31.2 Å². The van der Waals surface area contributed by atoms with Crippen LogP contribution in [0.1, 0.15) is 22.3 Å². The van der Waals surface area contributed by atoms with Crippen LogP contribution in [0.4, 0.5) is 4.39 Å². The van der Waals surface area contributed by atoms with Gasteiger partial charge in [-0.05, 0) is 42.0 Å². The van der Waals surface area contributed by atoms with Gasteiger partial charge in [-0.2, -0.15) is 0 Å². The summed E-state index contributed by atoms with van der Waals surface area (Å²) < 4.78 is 18.2. The lowest BCUT2D eigenvalue weighted by Gasteiger charge is -2.07. The summed E-state index contributed by atoms with van der Waals surface area (Å²) in [7, 11) is 0. The molecule has 0 amide bonds. The van der Waals surface area contributed by atoms with E-state index < -0.39 is 0 Å². The molecule has 0 saturated heterocycles. The number of rotatable bonds is 6. The molecule has 0 bridgehead atoms. The smallest absolute Gasteiger partial charge is 0.166 e. The van der Waals surface area contributed by atoms with Gasteiger partial charge in [-0.25, -0.2) is 4.39 Å². The number of hydrogen-bond donors (Lipinski definition) is 1. The SMILES string of the molecule is O=C(CCOc1cccc(CO)c1)c1ccc(F)cc1. The first-order valence-electron chi connectivity index (χ1n) is 6.30. The lowest BCUT2D eigenvalue weighted by Crippen LogP contribution is -2.07. The number of Topliss-reactive ketones (excluding diaryl/α,β-unsaturated/α-hetero) is 1. The lowest BCUT2D eigenvalue weighted by atomic mass is 10.1. The van der Waals surface area contributed by atoms with Gasteiger partial charge in [0, 0.05) is 12.0 Å². The number of hydrogen-bond acceptors (Lipinski definition) is 3. The molecule has 0 atom stereocenters. The molecule has 0 aliphatic heterocycles. The van der Waals surface area contributed by atoms with Crippen molar-refractivity contribution in [3.8, 4) is 5.75 Å². The predicted molar refractivity (Wildman–Crippen MR) is 73.2 cm³/mol. The Balaban J connectivity index is 1.86. The summed E-state index contributed by atoms with van der Waals surface area (Å²) in [5, 5.41) is 9.01. The molecule has 20 heavy (non-hydrogen) atoms. The van der Waals surface area contributed by atoms with Gasteiger partial charge in [-0.1, -0.05) is 12.1 Å². The molecular weight excluding hydrogens is 259 g/mol. The van der Waals surface area contributed by atoms with E-state index in [9.17, 15) is 9.18 Å². The number of halogens is 1. The van der Waals surface area contributed by atoms with Crippen LogP contribution in [0.5, 0.6) is 5.75 Å². The molecule has 2 aromatic carbocycles. The van der Waals surface area contributed by atoms with Crippen molar-refractivity contribution in [3.05, 3.63) is 65.5 Å². The summed E-state index contributed by atoms with van der Waals surface area (Å²) in [5.41, 5.74) is 1.23. The molecule has 0 heterocycles. The van der Waals surface area contributed by atoms with E-state index in [2.05, 4.69) is 0 Å². The van der Waals surface area contributed by atoms with Crippen LogP contribution in [-0.4, -0.2) is 17.5 Å². The minimum atomic E-state index is -0.362. The summed E-state index contributed by atoms with van der Waals surface area (Å²) in [6.45, 7) is 0.191. The number of aliphatic hydroxyl groups excluding tert-OH is 1. The number of carbonyl (C=O) groups is 1. The highest BCUT2D eigenvalue weighted by molar-refractivity contribution is 5.96. The zero-order valence-corrected chi connectivity index (χ0v) is 10.9. The number of aliphatic hydroxyl groups is 1. The quantitative estimate of drug-likeness (QED) is 0.824. The number of benzene rings is 2. The zero-order chi connectivity index (χ0) is 14.4. The second-order valence-corrected chi connectivity index (χ2v) is 4.33. The normalized spacial score (nSPS) is 10.3. The molecule has 0 fully saturated rings. The molecule has 3 nitrogen and oxygen atoms in total. The minimum Gasteiger partial charge on any atom is -0.493 e. The number of carbonyl (C=O) groups excluding carboxylic acids is 1. The summed E-state index contributed by atoms with van der Waals surface area (Å²) in [5.74, 6) is 0.158. The molecule has 4 heteroatoms. The van der Waals surface area contributed by atoms with Crippen LogP contribution in [0.2, 0.25) is 0 Å². The first-order chi connectivity index (χ1) is 9.69. The molecule has 0 aliphatic rings. The van der Waals surface area contributed by atoms with E-state index in [0.717, 1.165) is 5.56 Å². The fourth-order valence-corrected chi connectivity index (χ4v) is 1.78. The largest absolute Gasteiger partial charge is 0.493 e. The third-order valence-corrected chi connectivity index (χ3v) is 2.85. The van der Waals surface area contributed by atoms with Gasteiger partial charge in [-0.15, -0.1) is 0 Å². The van der Waals surface area contributed by atoms with E-state index in [1.54, 1.807) is 24.3 Å². The average Bonchev–Trinajstić information content (AvgIpc) is 2.48. The molecule has 1 N–H and O–H groups in total. The topological polar surface area (TPSA) is 46.5 Å². The fraction of sp³-hybridized carbons (Fsp3) is 0.188. The monoisotopic (exact) mass is 274 g/mol. The lowest BCUT2D eigenvalue weighted by molar-refractivity contribution is 0.0962. The van der Waals surface area contributed by atoms with Gasteiger partial charge in [0.15, 0.2) is 5.78 Å². The molecule has 0 unspecified atom stereocenters. The molecule has 0 aliphatic carbocycles. The molecule has 104 valence electrons. The minimum absolute atomic E-state index is 0.0499. The van der Waals surface area contributed by atoms with Gasteiger partial charge in [0.25, 0.3) is 0 Å². The van der Waals surface area contributed by atoms with E-state index in [0.29, 0.717) is 11.3 Å². The standard InChI is InChI=1S/C16H15FO3/c17-14-6-4-13(5-7-14)16(19)8-9-20-15-3-1-2-12(10-15)11-18/h1-7,10,18H,8-9,11H2. The van der Waals surface area contributed by atoms with Crippen molar-refractivity contribution in [1.29, 1.82) is 0 Å². The van der Waals surface area contributed by atoms with Crippen molar-refractivity contribution < 1.29 is 19.0 Å². The Morgan fingerprint density at radius 2 is 1.90 bits per heavy atom. The first-order valence-corrected chi connectivity index (χ1v) is 6.30. The van der Waals surface area contributed by atoms with Gasteiger partial charge in [-0.3, -0.25) is 4.79 Å². The highest BCUT2D eigenvalue weighted by Crippen LogP contribution is 2.14. The van der Waals surface area contributed by atoms with Crippen molar-refractivity contribution >= 4 is 5.78 Å². The zero-order valence-electron chi connectivity index (χ0n) is 10.9. The summed E-state index contributed by atoms with van der Waals surface area (Å²) in [4.78, 5) is 11.8. The van der Waals surface area contributed by atoms with Gasteiger partial charge in [0.05, 0.1) is 13.2 Å². The van der Waals surface area contributed by atoms with Crippen LogP contribution in [0.15, 0.2) is 48.5 Å². The molecule has 2 aromatic rings. The van der Waals surface area contributed by atoms with Crippen LogP contribution in [0.25, 0.3) is 0 Å². The predicted octanol–water partition coefficient (Wildman–Crippen LogP) is 2.97. The Bertz CT molecular complexity index is 579. The van der Waals surface area contributed by atoms with Crippen molar-refractivity contribution in [3.63, 3.8) is 0 Å². The number of ether oxygens (including phenoxy) is 1. The van der Waals surface area contributed by atoms with E-state index >= 15 is 0 Å². The summed E-state index contributed by atoms with van der Waals surface area (Å²) in [6, 6.07) is 12.5. The van der Waals surface area contributed by atoms with Crippen molar-refractivity contribution in [2.24, 2.45) is 0 Å². The summed E-state index contributed by atoms with van der Waals surface area (Å²) >= 11 is 0. The second kappa shape index (κ2) is 6.82. The highest BCUT2D eigenvalue weighted by atomic mass is 19.1. The Morgan fingerprint density at radius 3 is 2.60 bits per heavy atom. The maximum atomic E-state index is 12.7. The Hall–Kier alpha value is -2.20. The maximum Gasteiger partial charge on any atom is 0.166 e. The van der Waals surface area contributed by atoms with Crippen LogP contribution < -0.4 is 4.74 Å². The maximum absolute atomic E-state index is 12.7. The third-order valence-electron chi connectivity index (χ3n) is 2.85. The van der Waals surface area contributed by atoms with Gasteiger partial charge in [0.2, 0.25) is 0 Å². The molecule has 0 aromatic heterocycles. The van der Waals surface area contributed by atoms with E-state index in [4.69, 9.17) is 9.84 Å².